The molecule has 2 aromatic carbocycles. The summed E-state index contributed by atoms with van der Waals surface area (Å²) in [6.07, 6.45) is 0.552. The van der Waals surface area contributed by atoms with Crippen molar-refractivity contribution >= 4 is 5.91 Å². The quantitative estimate of drug-likeness (QED) is 0.716. The van der Waals surface area contributed by atoms with Crippen LogP contribution in [0.3, 0.4) is 0 Å². The Kier molecular flexibility index (Phi) is 5.15. The van der Waals surface area contributed by atoms with Crippen molar-refractivity contribution in [3.63, 3.8) is 0 Å². The molecule has 4 rings (SSSR count). The van der Waals surface area contributed by atoms with Crippen molar-refractivity contribution in [3.8, 4) is 11.3 Å². The lowest BCUT2D eigenvalue weighted by Crippen LogP contribution is -2.53. The molecule has 0 spiro atoms. The zero-order chi connectivity index (χ0) is 21.5. The van der Waals surface area contributed by atoms with Gasteiger partial charge in [-0.1, -0.05) is 12.1 Å². The molecule has 2 N–H and O–H groups in total. The SMILES string of the molecule is CC(C)(N)C(=O)N1CCn2c(nc(-c3ccc(F)cc3)c2Cc2ccc(F)cc2)C1. The van der Waals surface area contributed by atoms with Crippen molar-refractivity contribution in [1.82, 2.24) is 14.5 Å². The van der Waals surface area contributed by atoms with Crippen LogP contribution in [0.5, 0.6) is 0 Å². The highest BCUT2D eigenvalue weighted by atomic mass is 19.1. The first kappa shape index (κ1) is 20.2. The number of aromatic nitrogens is 2. The number of amides is 1. The number of fused-ring (bicyclic) bond motifs is 1. The van der Waals surface area contributed by atoms with Gasteiger partial charge in [-0.2, -0.15) is 0 Å². The zero-order valence-corrected chi connectivity index (χ0v) is 17.0. The number of carbonyl (C=O) groups excluding carboxylic acids is 1. The van der Waals surface area contributed by atoms with E-state index in [0.29, 0.717) is 26.1 Å². The maximum atomic E-state index is 13.4. The molecule has 0 aliphatic carbocycles. The van der Waals surface area contributed by atoms with Crippen molar-refractivity contribution in [2.45, 2.75) is 38.9 Å². The number of carbonyl (C=O) groups is 1. The van der Waals surface area contributed by atoms with Crippen LogP contribution in [0.15, 0.2) is 48.5 Å². The van der Waals surface area contributed by atoms with Crippen molar-refractivity contribution in [1.29, 1.82) is 0 Å². The van der Waals surface area contributed by atoms with Crippen molar-refractivity contribution in [2.75, 3.05) is 6.54 Å². The summed E-state index contributed by atoms with van der Waals surface area (Å²) in [6.45, 7) is 4.86. The third-order valence-corrected chi connectivity index (χ3v) is 5.32. The van der Waals surface area contributed by atoms with Gasteiger partial charge in [-0.25, -0.2) is 13.8 Å². The molecule has 3 aromatic rings. The number of rotatable bonds is 4. The van der Waals surface area contributed by atoms with E-state index in [-0.39, 0.29) is 17.5 Å². The number of hydrogen-bond donors (Lipinski definition) is 1. The average Bonchev–Trinajstić information content (AvgIpc) is 3.06. The first-order valence-corrected chi connectivity index (χ1v) is 9.89. The largest absolute Gasteiger partial charge is 0.332 e. The van der Waals surface area contributed by atoms with Gasteiger partial charge in [0.05, 0.1) is 17.8 Å². The molecule has 0 unspecified atom stereocenters. The summed E-state index contributed by atoms with van der Waals surface area (Å²) in [5, 5.41) is 0. The molecule has 0 saturated carbocycles. The monoisotopic (exact) mass is 410 g/mol. The number of halogens is 2. The Hall–Kier alpha value is -3.06. The minimum Gasteiger partial charge on any atom is -0.332 e. The van der Waals surface area contributed by atoms with Crippen LogP contribution in [0.25, 0.3) is 11.3 Å². The highest BCUT2D eigenvalue weighted by Gasteiger charge is 2.32. The molecule has 0 bridgehead atoms. The van der Waals surface area contributed by atoms with Crippen molar-refractivity contribution < 1.29 is 13.6 Å². The third kappa shape index (κ3) is 3.98. The predicted octanol–water partition coefficient (Wildman–Crippen LogP) is 3.50. The topological polar surface area (TPSA) is 64.2 Å². The van der Waals surface area contributed by atoms with Gasteiger partial charge < -0.3 is 15.2 Å². The molecule has 0 fully saturated rings. The summed E-state index contributed by atoms with van der Waals surface area (Å²) < 4.78 is 28.9. The lowest BCUT2D eigenvalue weighted by molar-refractivity contribution is -0.137. The number of benzene rings is 2. The van der Waals surface area contributed by atoms with Gasteiger partial charge in [0.25, 0.3) is 0 Å². The standard InChI is InChI=1S/C23H24F2N4O/c1-23(2,26)22(30)28-11-12-29-19(13-15-3-7-17(24)8-4-15)21(27-20(29)14-28)16-5-9-18(25)10-6-16/h3-10H,11-14,26H2,1-2H3. The number of nitrogens with zero attached hydrogens (tertiary/aromatic N) is 3. The Morgan fingerprint density at radius 1 is 1.03 bits per heavy atom. The molecular formula is C23H24F2N4O. The van der Waals surface area contributed by atoms with E-state index < -0.39 is 5.54 Å². The smallest absolute Gasteiger partial charge is 0.242 e. The summed E-state index contributed by atoms with van der Waals surface area (Å²) in [5.74, 6) is 0.0339. The number of imidazole rings is 1. The van der Waals surface area contributed by atoms with E-state index in [0.717, 1.165) is 28.3 Å². The fourth-order valence-corrected chi connectivity index (χ4v) is 3.79. The molecular weight excluding hydrogens is 386 g/mol. The molecule has 2 heterocycles. The highest BCUT2D eigenvalue weighted by Crippen LogP contribution is 2.29. The van der Waals surface area contributed by atoms with Gasteiger partial charge in [0.15, 0.2) is 0 Å². The second kappa shape index (κ2) is 7.65. The normalized spacial score (nSPS) is 14.0. The van der Waals surface area contributed by atoms with Gasteiger partial charge in [0.2, 0.25) is 5.91 Å². The van der Waals surface area contributed by atoms with Gasteiger partial charge in [-0.3, -0.25) is 4.79 Å². The second-order valence-corrected chi connectivity index (χ2v) is 8.23. The first-order valence-electron chi connectivity index (χ1n) is 9.89. The number of hydrogen-bond acceptors (Lipinski definition) is 3. The van der Waals surface area contributed by atoms with Crippen LogP contribution < -0.4 is 5.73 Å². The molecule has 5 nitrogen and oxygen atoms in total. The molecule has 1 aliphatic heterocycles. The van der Waals surface area contributed by atoms with Gasteiger partial charge in [-0.15, -0.1) is 0 Å². The Morgan fingerprint density at radius 3 is 2.23 bits per heavy atom. The lowest BCUT2D eigenvalue weighted by Gasteiger charge is -2.33. The van der Waals surface area contributed by atoms with Gasteiger partial charge in [0.1, 0.15) is 17.5 Å². The molecule has 30 heavy (non-hydrogen) atoms. The Bertz CT molecular complexity index is 1070. The van der Waals surface area contributed by atoms with Crippen molar-refractivity contribution in [3.05, 3.63) is 77.2 Å². The first-order chi connectivity index (χ1) is 14.2. The van der Waals surface area contributed by atoms with E-state index >= 15 is 0 Å². The second-order valence-electron chi connectivity index (χ2n) is 8.23. The molecule has 1 aliphatic rings. The zero-order valence-electron chi connectivity index (χ0n) is 17.0. The van der Waals surface area contributed by atoms with Crippen LogP contribution in [0.1, 0.15) is 30.9 Å². The van der Waals surface area contributed by atoms with Gasteiger partial charge in [0, 0.05) is 30.8 Å². The average molecular weight is 410 g/mol. The molecule has 0 atom stereocenters. The van der Waals surface area contributed by atoms with E-state index in [2.05, 4.69) is 4.57 Å². The lowest BCUT2D eigenvalue weighted by atomic mass is 10.0. The summed E-state index contributed by atoms with van der Waals surface area (Å²) in [4.78, 5) is 19.2. The summed E-state index contributed by atoms with van der Waals surface area (Å²) in [5.41, 5.74) is 8.50. The summed E-state index contributed by atoms with van der Waals surface area (Å²) in [7, 11) is 0. The van der Waals surface area contributed by atoms with Crippen LogP contribution in [-0.4, -0.2) is 32.4 Å². The Balaban J connectivity index is 1.74. The molecule has 0 radical (unpaired) electrons. The molecule has 0 saturated heterocycles. The maximum Gasteiger partial charge on any atom is 0.242 e. The van der Waals surface area contributed by atoms with E-state index in [1.165, 1.54) is 24.3 Å². The third-order valence-electron chi connectivity index (χ3n) is 5.32. The Morgan fingerprint density at radius 2 is 1.63 bits per heavy atom. The number of nitrogens with two attached hydrogens (primary N) is 1. The van der Waals surface area contributed by atoms with Gasteiger partial charge >= 0.3 is 0 Å². The highest BCUT2D eigenvalue weighted by molar-refractivity contribution is 5.85. The minimum atomic E-state index is -0.953. The van der Waals surface area contributed by atoms with E-state index in [9.17, 15) is 13.6 Å². The van der Waals surface area contributed by atoms with Crippen LogP contribution in [0, 0.1) is 11.6 Å². The molecule has 1 aromatic heterocycles. The predicted molar refractivity (Wildman–Crippen MR) is 111 cm³/mol. The van der Waals surface area contributed by atoms with Crippen molar-refractivity contribution in [2.24, 2.45) is 5.73 Å². The fourth-order valence-electron chi connectivity index (χ4n) is 3.79. The summed E-state index contributed by atoms with van der Waals surface area (Å²) >= 11 is 0. The van der Waals surface area contributed by atoms with Crippen LogP contribution in [0.2, 0.25) is 0 Å². The van der Waals surface area contributed by atoms with E-state index in [1.54, 1.807) is 43.0 Å². The summed E-state index contributed by atoms with van der Waals surface area (Å²) in [6, 6.07) is 12.6. The van der Waals surface area contributed by atoms with E-state index in [1.807, 2.05) is 0 Å². The maximum absolute atomic E-state index is 13.4. The van der Waals surface area contributed by atoms with Crippen LogP contribution in [-0.2, 0) is 24.3 Å². The molecule has 7 heteroatoms. The van der Waals surface area contributed by atoms with Crippen LogP contribution >= 0.6 is 0 Å². The Labute approximate surface area is 174 Å². The van der Waals surface area contributed by atoms with Gasteiger partial charge in [-0.05, 0) is 55.8 Å². The molecule has 1 amide bonds. The van der Waals surface area contributed by atoms with Crippen LogP contribution in [0.4, 0.5) is 8.78 Å². The fraction of sp³-hybridized carbons (Fsp3) is 0.304. The minimum absolute atomic E-state index is 0.125. The van der Waals surface area contributed by atoms with E-state index in [4.69, 9.17) is 10.7 Å². The molecule has 156 valence electrons.